The van der Waals surface area contributed by atoms with E-state index in [1.165, 1.54) is 0 Å². The Morgan fingerprint density at radius 3 is 2.38 bits per heavy atom. The van der Waals surface area contributed by atoms with Crippen molar-refractivity contribution in [3.8, 4) is 40.2 Å². The quantitative estimate of drug-likeness (QED) is 0.477. The van der Waals surface area contributed by atoms with Crippen molar-refractivity contribution in [3.05, 3.63) is 78.4 Å². The molecule has 160 valence electrons. The maximum Gasteiger partial charge on any atom is 0.258 e. The zero-order valence-electron chi connectivity index (χ0n) is 17.0. The van der Waals surface area contributed by atoms with Gasteiger partial charge in [-0.1, -0.05) is 24.3 Å². The summed E-state index contributed by atoms with van der Waals surface area (Å²) < 4.78 is 21.9. The zero-order chi connectivity index (χ0) is 21.8. The van der Waals surface area contributed by atoms with Crippen molar-refractivity contribution in [2.24, 2.45) is 0 Å². The van der Waals surface area contributed by atoms with Gasteiger partial charge in [0.15, 0.2) is 18.1 Å². The first-order chi connectivity index (χ1) is 15.7. The third kappa shape index (κ3) is 4.39. The highest BCUT2D eigenvalue weighted by molar-refractivity contribution is 5.77. The second kappa shape index (κ2) is 8.81. The lowest BCUT2D eigenvalue weighted by Gasteiger charge is -2.08. The van der Waals surface area contributed by atoms with Crippen LogP contribution in [0.3, 0.4) is 0 Å². The molecule has 2 heterocycles. The highest BCUT2D eigenvalue weighted by Crippen LogP contribution is 2.32. The van der Waals surface area contributed by atoms with Crippen molar-refractivity contribution in [1.29, 1.82) is 0 Å². The number of fused-ring (bicyclic) bond motifs is 1. The van der Waals surface area contributed by atoms with E-state index in [0.717, 1.165) is 16.7 Å². The van der Waals surface area contributed by atoms with Crippen molar-refractivity contribution in [2.75, 3.05) is 13.4 Å². The molecule has 8 nitrogen and oxygen atoms in total. The van der Waals surface area contributed by atoms with Gasteiger partial charge in [0.05, 0.1) is 0 Å². The molecule has 0 spiro atoms. The first kappa shape index (κ1) is 19.6. The van der Waals surface area contributed by atoms with E-state index in [1.807, 2.05) is 60.7 Å². The van der Waals surface area contributed by atoms with Gasteiger partial charge >= 0.3 is 0 Å². The number of carbonyl (C=O) groups is 1. The van der Waals surface area contributed by atoms with Crippen molar-refractivity contribution in [2.45, 2.75) is 6.54 Å². The molecule has 0 radical (unpaired) electrons. The Morgan fingerprint density at radius 2 is 1.59 bits per heavy atom. The molecule has 1 aromatic heterocycles. The van der Waals surface area contributed by atoms with E-state index >= 15 is 0 Å². The third-order valence-electron chi connectivity index (χ3n) is 4.84. The lowest BCUT2D eigenvalue weighted by Crippen LogP contribution is -2.28. The number of aromatic nitrogens is 2. The van der Waals surface area contributed by atoms with Crippen LogP contribution < -0.4 is 19.5 Å². The number of rotatable bonds is 7. The number of hydrogen-bond donors (Lipinski definition) is 1. The Morgan fingerprint density at radius 1 is 0.875 bits per heavy atom. The molecule has 0 aliphatic carbocycles. The topological polar surface area (TPSA) is 95.7 Å². The summed E-state index contributed by atoms with van der Waals surface area (Å²) in [4.78, 5) is 12.1. The van der Waals surface area contributed by atoms with E-state index in [-0.39, 0.29) is 19.3 Å². The smallest absolute Gasteiger partial charge is 0.258 e. The molecule has 8 heteroatoms. The summed E-state index contributed by atoms with van der Waals surface area (Å²) >= 11 is 0. The molecule has 5 rings (SSSR count). The van der Waals surface area contributed by atoms with E-state index in [1.54, 1.807) is 12.1 Å². The molecule has 0 atom stereocenters. The van der Waals surface area contributed by atoms with Gasteiger partial charge in [0, 0.05) is 17.7 Å². The molecule has 0 unspecified atom stereocenters. The molecule has 1 amide bonds. The van der Waals surface area contributed by atoms with Gasteiger partial charge in [-0.05, 0) is 54.1 Å². The minimum Gasteiger partial charge on any atom is -0.484 e. The Hall–Kier alpha value is -4.33. The normalized spacial score (nSPS) is 11.9. The first-order valence-corrected chi connectivity index (χ1v) is 10.0. The lowest BCUT2D eigenvalue weighted by molar-refractivity contribution is -0.123. The average molecular weight is 429 g/mol. The molecule has 0 saturated carbocycles. The molecule has 1 aliphatic heterocycles. The van der Waals surface area contributed by atoms with Crippen LogP contribution in [-0.2, 0) is 11.3 Å². The summed E-state index contributed by atoms with van der Waals surface area (Å²) in [5.74, 6) is 2.61. The van der Waals surface area contributed by atoms with Crippen LogP contribution in [0, 0.1) is 0 Å². The van der Waals surface area contributed by atoms with E-state index < -0.39 is 0 Å². The lowest BCUT2D eigenvalue weighted by atomic mass is 10.2. The molecule has 0 bridgehead atoms. The van der Waals surface area contributed by atoms with Crippen LogP contribution in [0.4, 0.5) is 0 Å². The van der Waals surface area contributed by atoms with E-state index in [9.17, 15) is 4.79 Å². The van der Waals surface area contributed by atoms with Crippen LogP contribution in [0.15, 0.2) is 77.2 Å². The average Bonchev–Trinajstić information content (AvgIpc) is 3.52. The Kier molecular flexibility index (Phi) is 5.40. The summed E-state index contributed by atoms with van der Waals surface area (Å²) in [6, 6.07) is 22.3. The SMILES string of the molecule is O=C(COc1ccc(-c2nnc(-c3ccccc3)o2)cc1)NCc1ccc2c(c1)OCO2. The van der Waals surface area contributed by atoms with E-state index in [2.05, 4.69) is 15.5 Å². The molecular formula is C24H19N3O5. The Labute approximate surface area is 183 Å². The standard InChI is InChI=1S/C24H19N3O5/c28-22(25-13-16-6-11-20-21(12-16)31-15-30-20)14-29-19-9-7-18(8-10-19)24-27-26-23(32-24)17-4-2-1-3-5-17/h1-12H,13-15H2,(H,25,28). The maximum absolute atomic E-state index is 12.1. The van der Waals surface area contributed by atoms with Gasteiger partial charge < -0.3 is 23.9 Å². The second-order valence-corrected chi connectivity index (χ2v) is 7.06. The fourth-order valence-electron chi connectivity index (χ4n) is 3.18. The molecule has 4 aromatic rings. The minimum atomic E-state index is -0.226. The van der Waals surface area contributed by atoms with Crippen LogP contribution in [0.5, 0.6) is 17.2 Å². The van der Waals surface area contributed by atoms with Crippen LogP contribution >= 0.6 is 0 Å². The predicted molar refractivity (Wildman–Crippen MR) is 115 cm³/mol. The van der Waals surface area contributed by atoms with Gasteiger partial charge in [-0.25, -0.2) is 0 Å². The van der Waals surface area contributed by atoms with Gasteiger partial charge in [-0.15, -0.1) is 10.2 Å². The Balaban J connectivity index is 1.13. The van der Waals surface area contributed by atoms with Gasteiger partial charge in [-0.3, -0.25) is 4.79 Å². The highest BCUT2D eigenvalue weighted by Gasteiger charge is 2.14. The number of hydrogen-bond acceptors (Lipinski definition) is 7. The van der Waals surface area contributed by atoms with Crippen molar-refractivity contribution >= 4 is 5.91 Å². The van der Waals surface area contributed by atoms with Crippen LogP contribution in [0.2, 0.25) is 0 Å². The first-order valence-electron chi connectivity index (χ1n) is 10.0. The minimum absolute atomic E-state index is 0.0946. The molecule has 1 N–H and O–H groups in total. The van der Waals surface area contributed by atoms with Crippen molar-refractivity contribution in [1.82, 2.24) is 15.5 Å². The van der Waals surface area contributed by atoms with E-state index in [4.69, 9.17) is 18.6 Å². The monoisotopic (exact) mass is 429 g/mol. The molecule has 32 heavy (non-hydrogen) atoms. The predicted octanol–water partition coefficient (Wildman–Crippen LogP) is 3.83. The number of benzene rings is 3. The fraction of sp³-hybridized carbons (Fsp3) is 0.125. The number of nitrogens with one attached hydrogen (secondary N) is 1. The molecule has 1 aliphatic rings. The highest BCUT2D eigenvalue weighted by atomic mass is 16.7. The number of carbonyl (C=O) groups excluding carboxylic acids is 1. The molecular weight excluding hydrogens is 410 g/mol. The Bertz CT molecular complexity index is 1220. The van der Waals surface area contributed by atoms with Gasteiger partial charge in [0.2, 0.25) is 18.6 Å². The molecule has 3 aromatic carbocycles. The van der Waals surface area contributed by atoms with Gasteiger partial charge in [0.1, 0.15) is 5.75 Å². The number of amides is 1. The third-order valence-corrected chi connectivity index (χ3v) is 4.84. The fourth-order valence-corrected chi connectivity index (χ4v) is 3.18. The van der Waals surface area contributed by atoms with Crippen LogP contribution in [0.1, 0.15) is 5.56 Å². The summed E-state index contributed by atoms with van der Waals surface area (Å²) in [5, 5.41) is 11.0. The largest absolute Gasteiger partial charge is 0.484 e. The molecule has 0 fully saturated rings. The summed E-state index contributed by atoms with van der Waals surface area (Å²) in [5.41, 5.74) is 2.54. The van der Waals surface area contributed by atoms with Gasteiger partial charge in [-0.2, -0.15) is 0 Å². The summed E-state index contributed by atoms with van der Waals surface area (Å²) in [7, 11) is 0. The number of nitrogens with zero attached hydrogens (tertiary/aromatic N) is 2. The number of ether oxygens (including phenoxy) is 3. The summed E-state index contributed by atoms with van der Waals surface area (Å²) in [6.07, 6.45) is 0. The maximum atomic E-state index is 12.1. The second-order valence-electron chi connectivity index (χ2n) is 7.06. The zero-order valence-corrected chi connectivity index (χ0v) is 17.0. The van der Waals surface area contributed by atoms with E-state index in [0.29, 0.717) is 35.6 Å². The van der Waals surface area contributed by atoms with Crippen molar-refractivity contribution in [3.63, 3.8) is 0 Å². The van der Waals surface area contributed by atoms with Crippen LogP contribution in [-0.4, -0.2) is 29.5 Å². The van der Waals surface area contributed by atoms with Gasteiger partial charge in [0.25, 0.3) is 5.91 Å². The molecule has 0 saturated heterocycles. The summed E-state index contributed by atoms with van der Waals surface area (Å²) in [6.45, 7) is 0.500. The van der Waals surface area contributed by atoms with Crippen molar-refractivity contribution < 1.29 is 23.4 Å². The van der Waals surface area contributed by atoms with Crippen LogP contribution in [0.25, 0.3) is 22.9 Å².